The van der Waals surface area contributed by atoms with Crippen molar-refractivity contribution in [1.29, 1.82) is 0 Å². The summed E-state index contributed by atoms with van der Waals surface area (Å²) in [5.41, 5.74) is 0.576. The Bertz CT molecular complexity index is 441. The van der Waals surface area contributed by atoms with Crippen LogP contribution in [0.4, 0.5) is 0 Å². The van der Waals surface area contributed by atoms with Crippen molar-refractivity contribution >= 4 is 11.9 Å². The Morgan fingerprint density at radius 2 is 2.16 bits per heavy atom. The fraction of sp³-hybridized carbons (Fsp3) is 0.462. The van der Waals surface area contributed by atoms with Crippen LogP contribution in [-0.4, -0.2) is 52.7 Å². The number of amides is 1. The van der Waals surface area contributed by atoms with Crippen molar-refractivity contribution in [2.24, 2.45) is 0 Å². The van der Waals surface area contributed by atoms with E-state index in [-0.39, 0.29) is 18.6 Å². The molecule has 1 amide bonds. The molecule has 0 spiro atoms. The lowest BCUT2D eigenvalue weighted by atomic mass is 10.1. The van der Waals surface area contributed by atoms with Crippen molar-refractivity contribution in [1.82, 2.24) is 9.88 Å². The number of aromatic nitrogens is 1. The van der Waals surface area contributed by atoms with Crippen molar-refractivity contribution in [3.05, 3.63) is 30.1 Å². The van der Waals surface area contributed by atoms with Gasteiger partial charge in [-0.1, -0.05) is 0 Å². The summed E-state index contributed by atoms with van der Waals surface area (Å²) >= 11 is 0. The molecule has 0 aliphatic carbocycles. The summed E-state index contributed by atoms with van der Waals surface area (Å²) in [4.78, 5) is 28.2. The highest BCUT2D eigenvalue weighted by atomic mass is 16.5. The van der Waals surface area contributed by atoms with Gasteiger partial charge in [0.05, 0.1) is 11.7 Å². The second kappa shape index (κ2) is 6.29. The van der Waals surface area contributed by atoms with E-state index < -0.39 is 5.97 Å². The molecule has 1 N–H and O–H groups in total. The summed E-state index contributed by atoms with van der Waals surface area (Å²) < 4.78 is 5.23. The fourth-order valence-corrected chi connectivity index (χ4v) is 2.09. The molecule has 1 saturated heterocycles. The number of rotatable bonds is 4. The van der Waals surface area contributed by atoms with Gasteiger partial charge in [0, 0.05) is 25.5 Å². The Morgan fingerprint density at radius 3 is 2.74 bits per heavy atom. The molecule has 1 aliphatic rings. The number of hydrogen-bond donors (Lipinski definition) is 1. The third-order valence-electron chi connectivity index (χ3n) is 3.08. The van der Waals surface area contributed by atoms with Gasteiger partial charge in [0.15, 0.2) is 0 Å². The van der Waals surface area contributed by atoms with Gasteiger partial charge in [-0.05, 0) is 25.0 Å². The molecule has 0 atom stereocenters. The third-order valence-corrected chi connectivity index (χ3v) is 3.08. The van der Waals surface area contributed by atoms with E-state index in [2.05, 4.69) is 4.98 Å². The number of carboxylic acids is 1. The van der Waals surface area contributed by atoms with E-state index in [1.54, 1.807) is 29.4 Å². The van der Waals surface area contributed by atoms with Crippen LogP contribution >= 0.6 is 0 Å². The SMILES string of the molecule is O=C(O)COC1CCN(C(=O)c2cccnc2)CC1. The molecule has 0 unspecified atom stereocenters. The lowest BCUT2D eigenvalue weighted by molar-refractivity contribution is -0.145. The van der Waals surface area contributed by atoms with Gasteiger partial charge in [-0.25, -0.2) is 4.79 Å². The maximum absolute atomic E-state index is 12.1. The first kappa shape index (κ1) is 13.5. The lowest BCUT2D eigenvalue weighted by Crippen LogP contribution is -2.41. The second-order valence-corrected chi connectivity index (χ2v) is 4.44. The smallest absolute Gasteiger partial charge is 0.329 e. The van der Waals surface area contributed by atoms with Crippen molar-refractivity contribution < 1.29 is 19.4 Å². The molecule has 6 heteroatoms. The molecule has 1 aromatic heterocycles. The average molecular weight is 264 g/mol. The Labute approximate surface area is 111 Å². The minimum Gasteiger partial charge on any atom is -0.480 e. The first-order chi connectivity index (χ1) is 9.16. The van der Waals surface area contributed by atoms with E-state index >= 15 is 0 Å². The quantitative estimate of drug-likeness (QED) is 0.869. The van der Waals surface area contributed by atoms with E-state index in [0.717, 1.165) is 0 Å². The minimum absolute atomic E-state index is 0.0372. The number of nitrogens with zero attached hydrogens (tertiary/aromatic N) is 2. The molecule has 0 radical (unpaired) electrons. The summed E-state index contributed by atoms with van der Waals surface area (Å²) in [5.74, 6) is -1.00. The van der Waals surface area contributed by atoms with Gasteiger partial charge in [-0.15, -0.1) is 0 Å². The van der Waals surface area contributed by atoms with Crippen molar-refractivity contribution in [2.45, 2.75) is 18.9 Å². The number of likely N-dealkylation sites (tertiary alicyclic amines) is 1. The number of hydrogen-bond acceptors (Lipinski definition) is 4. The largest absolute Gasteiger partial charge is 0.480 e. The Morgan fingerprint density at radius 1 is 1.42 bits per heavy atom. The van der Waals surface area contributed by atoms with E-state index in [4.69, 9.17) is 9.84 Å². The van der Waals surface area contributed by atoms with E-state index in [9.17, 15) is 9.59 Å². The number of ether oxygens (including phenoxy) is 1. The number of carbonyl (C=O) groups excluding carboxylic acids is 1. The van der Waals surface area contributed by atoms with Crippen LogP contribution in [0.1, 0.15) is 23.2 Å². The van der Waals surface area contributed by atoms with Crippen molar-refractivity contribution in [3.63, 3.8) is 0 Å². The van der Waals surface area contributed by atoms with Crippen molar-refractivity contribution in [2.75, 3.05) is 19.7 Å². The number of pyridine rings is 1. The van der Waals surface area contributed by atoms with E-state index in [0.29, 0.717) is 31.5 Å². The Balaban J connectivity index is 1.83. The van der Waals surface area contributed by atoms with Crippen LogP contribution < -0.4 is 0 Å². The highest BCUT2D eigenvalue weighted by Gasteiger charge is 2.24. The van der Waals surface area contributed by atoms with Crippen LogP contribution in [0.5, 0.6) is 0 Å². The predicted molar refractivity (Wildman–Crippen MR) is 66.8 cm³/mol. The molecule has 0 aromatic carbocycles. The van der Waals surface area contributed by atoms with Gasteiger partial charge in [0.1, 0.15) is 6.61 Å². The summed E-state index contributed by atoms with van der Waals surface area (Å²) in [5, 5.41) is 8.54. The molecule has 1 aromatic rings. The summed E-state index contributed by atoms with van der Waals surface area (Å²) in [6.07, 6.45) is 4.44. The maximum Gasteiger partial charge on any atom is 0.329 e. The van der Waals surface area contributed by atoms with Gasteiger partial charge in [0.25, 0.3) is 5.91 Å². The third kappa shape index (κ3) is 3.75. The van der Waals surface area contributed by atoms with Gasteiger partial charge >= 0.3 is 5.97 Å². The van der Waals surface area contributed by atoms with Gasteiger partial charge in [-0.3, -0.25) is 9.78 Å². The standard InChI is InChI=1S/C13H16N2O4/c16-12(17)9-19-11-3-6-15(7-4-11)13(18)10-2-1-5-14-8-10/h1-2,5,8,11H,3-4,6-7,9H2,(H,16,17). The highest BCUT2D eigenvalue weighted by Crippen LogP contribution is 2.15. The number of carboxylic acid groups (broad SMARTS) is 1. The lowest BCUT2D eigenvalue weighted by Gasteiger charge is -2.31. The summed E-state index contributed by atoms with van der Waals surface area (Å²) in [7, 11) is 0. The van der Waals surface area contributed by atoms with Gasteiger partial charge < -0.3 is 14.7 Å². The van der Waals surface area contributed by atoms with Crippen LogP contribution in [0, 0.1) is 0 Å². The van der Waals surface area contributed by atoms with Gasteiger partial charge in [0.2, 0.25) is 0 Å². The molecule has 102 valence electrons. The first-order valence-electron chi connectivity index (χ1n) is 6.19. The molecule has 1 aliphatic heterocycles. The molecule has 6 nitrogen and oxygen atoms in total. The molecule has 0 saturated carbocycles. The molecular weight excluding hydrogens is 248 g/mol. The number of aliphatic carboxylic acids is 1. The minimum atomic E-state index is -0.964. The monoisotopic (exact) mass is 264 g/mol. The molecule has 2 rings (SSSR count). The zero-order valence-corrected chi connectivity index (χ0v) is 10.5. The zero-order valence-electron chi connectivity index (χ0n) is 10.5. The van der Waals surface area contributed by atoms with Crippen LogP contribution in [0.2, 0.25) is 0 Å². The number of carbonyl (C=O) groups is 2. The number of piperidine rings is 1. The molecule has 0 bridgehead atoms. The summed E-state index contributed by atoms with van der Waals surface area (Å²) in [6.45, 7) is 0.886. The molecular formula is C13H16N2O4. The zero-order chi connectivity index (χ0) is 13.7. The Kier molecular flexibility index (Phi) is 4.46. The first-order valence-corrected chi connectivity index (χ1v) is 6.19. The van der Waals surface area contributed by atoms with Crippen LogP contribution in [0.3, 0.4) is 0 Å². The second-order valence-electron chi connectivity index (χ2n) is 4.44. The fourth-order valence-electron chi connectivity index (χ4n) is 2.09. The van der Waals surface area contributed by atoms with Crippen LogP contribution in [-0.2, 0) is 9.53 Å². The molecule has 1 fully saturated rings. The predicted octanol–water partition coefficient (Wildman–Crippen LogP) is 0.787. The Hall–Kier alpha value is -1.95. The topological polar surface area (TPSA) is 79.7 Å². The van der Waals surface area contributed by atoms with Gasteiger partial charge in [-0.2, -0.15) is 0 Å². The van der Waals surface area contributed by atoms with Crippen LogP contribution in [0.15, 0.2) is 24.5 Å². The average Bonchev–Trinajstić information content (AvgIpc) is 2.46. The molecule has 2 heterocycles. The highest BCUT2D eigenvalue weighted by molar-refractivity contribution is 5.93. The molecule has 19 heavy (non-hydrogen) atoms. The van der Waals surface area contributed by atoms with E-state index in [1.165, 1.54) is 0 Å². The van der Waals surface area contributed by atoms with Crippen molar-refractivity contribution in [3.8, 4) is 0 Å². The maximum atomic E-state index is 12.1. The van der Waals surface area contributed by atoms with Crippen LogP contribution in [0.25, 0.3) is 0 Å². The summed E-state index contributed by atoms with van der Waals surface area (Å²) in [6, 6.07) is 3.47. The van der Waals surface area contributed by atoms with E-state index in [1.807, 2.05) is 0 Å². The normalized spacial score (nSPS) is 16.3.